The lowest BCUT2D eigenvalue weighted by atomic mass is 9.84. The molecule has 1 aromatic carbocycles. The van der Waals surface area contributed by atoms with Crippen molar-refractivity contribution < 1.29 is 5.11 Å². The van der Waals surface area contributed by atoms with E-state index < -0.39 is 0 Å². The van der Waals surface area contributed by atoms with Crippen LogP contribution >= 0.6 is 0 Å². The third-order valence-corrected chi connectivity index (χ3v) is 4.64. The highest BCUT2D eigenvalue weighted by atomic mass is 16.3. The zero-order chi connectivity index (χ0) is 11.1. The molecule has 3 unspecified atom stereocenters. The highest BCUT2D eigenvalue weighted by Gasteiger charge is 2.40. The third-order valence-electron chi connectivity index (χ3n) is 4.64. The molecular formula is C15H20O. The van der Waals surface area contributed by atoms with Gasteiger partial charge < -0.3 is 5.11 Å². The SMILES string of the molecule is CC(O)C1C2CCC1Cc1ccccc1C2. The van der Waals surface area contributed by atoms with Crippen molar-refractivity contribution in [3.63, 3.8) is 0 Å². The second-order valence-electron chi connectivity index (χ2n) is 5.59. The Morgan fingerprint density at radius 1 is 1.06 bits per heavy atom. The van der Waals surface area contributed by atoms with Gasteiger partial charge in [0.15, 0.2) is 0 Å². The van der Waals surface area contributed by atoms with Crippen molar-refractivity contribution in [2.24, 2.45) is 17.8 Å². The standard InChI is InChI=1S/C15H20O/c1-10(16)15-13-6-7-14(15)9-12-5-3-2-4-11(12)8-13/h2-5,10,13-16H,6-9H2,1H3. The molecule has 16 heavy (non-hydrogen) atoms. The maximum absolute atomic E-state index is 9.96. The summed E-state index contributed by atoms with van der Waals surface area (Å²) in [5.74, 6) is 1.97. The second kappa shape index (κ2) is 3.89. The Kier molecular flexibility index (Phi) is 2.51. The number of hydrogen-bond donors (Lipinski definition) is 1. The van der Waals surface area contributed by atoms with Crippen LogP contribution < -0.4 is 0 Å². The highest BCUT2D eigenvalue weighted by molar-refractivity contribution is 5.30. The van der Waals surface area contributed by atoms with E-state index in [4.69, 9.17) is 0 Å². The van der Waals surface area contributed by atoms with Crippen molar-refractivity contribution in [2.45, 2.75) is 38.7 Å². The Hall–Kier alpha value is -0.820. The molecule has 1 aromatic rings. The quantitative estimate of drug-likeness (QED) is 0.765. The van der Waals surface area contributed by atoms with Gasteiger partial charge in [0.05, 0.1) is 6.10 Å². The summed E-state index contributed by atoms with van der Waals surface area (Å²) in [5, 5.41) is 9.96. The molecule has 3 atom stereocenters. The first-order chi connectivity index (χ1) is 7.75. The van der Waals surface area contributed by atoms with Crippen LogP contribution in [-0.4, -0.2) is 11.2 Å². The van der Waals surface area contributed by atoms with E-state index in [2.05, 4.69) is 24.3 Å². The molecule has 3 rings (SSSR count). The maximum Gasteiger partial charge on any atom is 0.0545 e. The number of aliphatic hydroxyl groups is 1. The van der Waals surface area contributed by atoms with Crippen molar-refractivity contribution >= 4 is 0 Å². The molecule has 1 heteroatoms. The van der Waals surface area contributed by atoms with Crippen LogP contribution in [0.2, 0.25) is 0 Å². The van der Waals surface area contributed by atoms with Crippen molar-refractivity contribution in [1.29, 1.82) is 0 Å². The van der Waals surface area contributed by atoms with Gasteiger partial charge in [0.2, 0.25) is 0 Å². The summed E-state index contributed by atoms with van der Waals surface area (Å²) in [6.07, 6.45) is 4.86. The van der Waals surface area contributed by atoms with Crippen LogP contribution in [0.5, 0.6) is 0 Å². The molecule has 2 aliphatic rings. The number of fused-ring (bicyclic) bond motifs is 3. The average Bonchev–Trinajstić information content (AvgIpc) is 2.55. The number of benzene rings is 1. The summed E-state index contributed by atoms with van der Waals surface area (Å²) in [4.78, 5) is 0. The lowest BCUT2D eigenvalue weighted by Gasteiger charge is -2.24. The van der Waals surface area contributed by atoms with E-state index in [1.54, 1.807) is 0 Å². The van der Waals surface area contributed by atoms with Crippen LogP contribution in [-0.2, 0) is 12.8 Å². The minimum Gasteiger partial charge on any atom is -0.393 e. The van der Waals surface area contributed by atoms with Gasteiger partial charge in [-0.3, -0.25) is 0 Å². The second-order valence-corrected chi connectivity index (χ2v) is 5.59. The predicted octanol–water partition coefficient (Wildman–Crippen LogP) is 2.81. The number of rotatable bonds is 1. The lowest BCUT2D eigenvalue weighted by molar-refractivity contribution is 0.0781. The molecule has 1 fully saturated rings. The van der Waals surface area contributed by atoms with Crippen molar-refractivity contribution in [3.8, 4) is 0 Å². The first-order valence-electron chi connectivity index (χ1n) is 6.50. The van der Waals surface area contributed by atoms with Gasteiger partial charge in [0.25, 0.3) is 0 Å². The number of hydrogen-bond acceptors (Lipinski definition) is 1. The maximum atomic E-state index is 9.96. The summed E-state index contributed by atoms with van der Waals surface area (Å²) in [6, 6.07) is 8.84. The molecular weight excluding hydrogens is 196 g/mol. The Morgan fingerprint density at radius 3 is 2.00 bits per heavy atom. The van der Waals surface area contributed by atoms with E-state index >= 15 is 0 Å². The van der Waals surface area contributed by atoms with Crippen molar-refractivity contribution in [3.05, 3.63) is 35.4 Å². The fourth-order valence-corrected chi connectivity index (χ4v) is 3.98. The monoisotopic (exact) mass is 216 g/mol. The summed E-state index contributed by atoms with van der Waals surface area (Å²) >= 11 is 0. The first kappa shape index (κ1) is 10.3. The fraction of sp³-hybridized carbons (Fsp3) is 0.600. The van der Waals surface area contributed by atoms with Crippen LogP contribution in [0.15, 0.2) is 24.3 Å². The largest absolute Gasteiger partial charge is 0.393 e. The predicted molar refractivity (Wildman–Crippen MR) is 65.2 cm³/mol. The van der Waals surface area contributed by atoms with E-state index in [0.29, 0.717) is 17.8 Å². The highest BCUT2D eigenvalue weighted by Crippen LogP contribution is 2.45. The zero-order valence-electron chi connectivity index (χ0n) is 9.89. The van der Waals surface area contributed by atoms with Gasteiger partial charge in [0, 0.05) is 0 Å². The molecule has 0 heterocycles. The third kappa shape index (κ3) is 1.58. The van der Waals surface area contributed by atoms with Gasteiger partial charge in [-0.15, -0.1) is 0 Å². The Bertz CT molecular complexity index is 350. The van der Waals surface area contributed by atoms with Crippen molar-refractivity contribution in [1.82, 2.24) is 0 Å². The van der Waals surface area contributed by atoms with E-state index in [1.165, 1.54) is 36.8 Å². The summed E-state index contributed by atoms with van der Waals surface area (Å²) in [5.41, 5.74) is 3.06. The Labute approximate surface area is 97.5 Å². The van der Waals surface area contributed by atoms with Gasteiger partial charge in [-0.2, -0.15) is 0 Å². The molecule has 0 saturated heterocycles. The molecule has 0 aliphatic heterocycles. The van der Waals surface area contributed by atoms with Crippen LogP contribution in [0.1, 0.15) is 30.9 Å². The van der Waals surface area contributed by atoms with E-state index in [1.807, 2.05) is 6.92 Å². The normalized spacial score (nSPS) is 34.2. The van der Waals surface area contributed by atoms with E-state index in [0.717, 1.165) is 0 Å². The summed E-state index contributed by atoms with van der Waals surface area (Å²) < 4.78 is 0. The van der Waals surface area contributed by atoms with Crippen LogP contribution in [0.3, 0.4) is 0 Å². The van der Waals surface area contributed by atoms with E-state index in [9.17, 15) is 5.11 Å². The molecule has 1 nitrogen and oxygen atoms in total. The lowest BCUT2D eigenvalue weighted by Crippen LogP contribution is -2.27. The fourth-order valence-electron chi connectivity index (χ4n) is 3.98. The Morgan fingerprint density at radius 2 is 1.56 bits per heavy atom. The molecule has 0 aromatic heterocycles. The smallest absolute Gasteiger partial charge is 0.0545 e. The molecule has 0 spiro atoms. The molecule has 0 radical (unpaired) electrons. The van der Waals surface area contributed by atoms with Gasteiger partial charge in [-0.05, 0) is 61.5 Å². The summed E-state index contributed by atoms with van der Waals surface area (Å²) in [7, 11) is 0. The topological polar surface area (TPSA) is 20.2 Å². The summed E-state index contributed by atoms with van der Waals surface area (Å²) in [6.45, 7) is 1.98. The van der Waals surface area contributed by atoms with Gasteiger partial charge in [-0.25, -0.2) is 0 Å². The van der Waals surface area contributed by atoms with Gasteiger partial charge >= 0.3 is 0 Å². The van der Waals surface area contributed by atoms with Gasteiger partial charge in [-0.1, -0.05) is 24.3 Å². The van der Waals surface area contributed by atoms with Crippen LogP contribution in [0, 0.1) is 17.8 Å². The molecule has 2 aliphatic carbocycles. The first-order valence-corrected chi connectivity index (χ1v) is 6.50. The molecule has 0 amide bonds. The molecule has 1 N–H and O–H groups in total. The number of aliphatic hydroxyl groups excluding tert-OH is 1. The molecule has 1 saturated carbocycles. The van der Waals surface area contributed by atoms with E-state index in [-0.39, 0.29) is 6.10 Å². The molecule has 2 bridgehead atoms. The average molecular weight is 216 g/mol. The van der Waals surface area contributed by atoms with Crippen molar-refractivity contribution in [2.75, 3.05) is 0 Å². The minimum absolute atomic E-state index is 0.133. The van der Waals surface area contributed by atoms with Crippen LogP contribution in [0.25, 0.3) is 0 Å². The Balaban J connectivity index is 1.96. The minimum atomic E-state index is -0.133. The van der Waals surface area contributed by atoms with Gasteiger partial charge in [0.1, 0.15) is 0 Å². The zero-order valence-corrected chi connectivity index (χ0v) is 9.89. The molecule has 86 valence electrons. The van der Waals surface area contributed by atoms with Crippen LogP contribution in [0.4, 0.5) is 0 Å².